The van der Waals surface area contributed by atoms with E-state index in [1.165, 1.54) is 5.56 Å². The number of carbonyl (C=O) groups is 2. The Morgan fingerprint density at radius 3 is 2.15 bits per heavy atom. The van der Waals surface area contributed by atoms with E-state index in [1.807, 2.05) is 65.2 Å². The second-order valence-electron chi connectivity index (χ2n) is 11.6. The molecule has 220 valence electrons. The topological polar surface area (TPSA) is 62.3 Å². The Hall–Kier alpha value is -2.74. The van der Waals surface area contributed by atoms with E-state index in [4.69, 9.17) is 9.47 Å². The van der Waals surface area contributed by atoms with Crippen molar-refractivity contribution in [2.75, 3.05) is 64.9 Å². The summed E-state index contributed by atoms with van der Waals surface area (Å²) >= 11 is 0. The Kier molecular flexibility index (Phi) is 11.7. The maximum atomic E-state index is 13.8. The van der Waals surface area contributed by atoms with Crippen molar-refractivity contribution in [1.82, 2.24) is 9.80 Å². The number of esters is 1. The average Bonchev–Trinajstić information content (AvgIpc) is 2.95. The Bertz CT molecular complexity index is 1060. The maximum absolute atomic E-state index is 13.8. The quantitative estimate of drug-likeness (QED) is 0.226. The van der Waals surface area contributed by atoms with E-state index in [0.29, 0.717) is 39.0 Å². The molecule has 0 bridgehead atoms. The molecule has 1 aliphatic heterocycles. The molecule has 0 aromatic heterocycles. The minimum absolute atomic E-state index is 0.150. The van der Waals surface area contributed by atoms with Crippen LogP contribution in [-0.4, -0.2) is 92.7 Å². The maximum Gasteiger partial charge on any atom is 0.307 e. The van der Waals surface area contributed by atoms with Crippen molar-refractivity contribution in [3.05, 3.63) is 65.7 Å². The molecule has 0 spiro atoms. The fourth-order valence-corrected chi connectivity index (χ4v) is 5.49. The number of rotatable bonds is 15. The van der Waals surface area contributed by atoms with Gasteiger partial charge in [-0.05, 0) is 77.5 Å². The number of benzene rings is 2. The smallest absolute Gasteiger partial charge is 0.307 e. The molecule has 40 heavy (non-hydrogen) atoms. The summed E-state index contributed by atoms with van der Waals surface area (Å²) in [6.45, 7) is 13.4. The molecule has 2 aromatic carbocycles. The predicted octanol–water partition coefficient (Wildman–Crippen LogP) is 5.08. The molecule has 1 unspecified atom stereocenters. The number of hydrogen-bond donors (Lipinski definition) is 0. The van der Waals surface area contributed by atoms with E-state index >= 15 is 0 Å². The van der Waals surface area contributed by atoms with Crippen molar-refractivity contribution in [2.24, 2.45) is 0 Å². The van der Waals surface area contributed by atoms with Gasteiger partial charge in [0.2, 0.25) is 0 Å². The van der Waals surface area contributed by atoms with Crippen LogP contribution in [0, 0.1) is 0 Å². The van der Waals surface area contributed by atoms with Crippen LogP contribution in [0.2, 0.25) is 0 Å². The van der Waals surface area contributed by atoms with Crippen LogP contribution >= 0.6 is 0 Å². The van der Waals surface area contributed by atoms with Crippen molar-refractivity contribution in [1.29, 1.82) is 0 Å². The van der Waals surface area contributed by atoms with Gasteiger partial charge in [0.05, 0.1) is 24.2 Å². The lowest BCUT2D eigenvalue weighted by Gasteiger charge is -2.38. The largest absolute Gasteiger partial charge is 0.466 e. The Morgan fingerprint density at radius 1 is 0.925 bits per heavy atom. The van der Waals surface area contributed by atoms with Crippen LogP contribution in [0.5, 0.6) is 0 Å². The van der Waals surface area contributed by atoms with E-state index < -0.39 is 5.54 Å². The van der Waals surface area contributed by atoms with Gasteiger partial charge >= 0.3 is 5.97 Å². The molecule has 0 N–H and O–H groups in total. The monoisotopic (exact) mass is 551 g/mol. The van der Waals surface area contributed by atoms with Crippen LogP contribution in [0.25, 0.3) is 0 Å². The second kappa shape index (κ2) is 14.8. The number of carbonyl (C=O) groups excluding carboxylic acids is 2. The SMILES string of the molecule is CCOC(C)(C)CCOC(=O)CCN1CCN(c2ccc(C(=O)C(CC)(Cc3ccccc3)N(C)C)cc2)CC1. The number of likely N-dealkylation sites (N-methyl/N-ethyl adjacent to an activating group) is 1. The van der Waals surface area contributed by atoms with Crippen molar-refractivity contribution in [2.45, 2.75) is 64.5 Å². The molecule has 7 nitrogen and oxygen atoms in total. The van der Waals surface area contributed by atoms with E-state index in [1.54, 1.807) is 0 Å². The number of nitrogens with zero attached hydrogens (tertiary/aromatic N) is 3. The first kappa shape index (κ1) is 31.8. The fourth-order valence-electron chi connectivity index (χ4n) is 5.49. The van der Waals surface area contributed by atoms with Gasteiger partial charge in [-0.3, -0.25) is 19.4 Å². The molecule has 1 heterocycles. The van der Waals surface area contributed by atoms with Crippen LogP contribution in [0.1, 0.15) is 62.9 Å². The van der Waals surface area contributed by atoms with Gasteiger partial charge < -0.3 is 14.4 Å². The lowest BCUT2D eigenvalue weighted by molar-refractivity contribution is -0.145. The normalized spacial score (nSPS) is 16.1. The Balaban J connectivity index is 1.50. The Morgan fingerprint density at radius 2 is 1.57 bits per heavy atom. The summed E-state index contributed by atoms with van der Waals surface area (Å²) < 4.78 is 11.1. The molecular weight excluding hydrogens is 502 g/mol. The average molecular weight is 552 g/mol. The van der Waals surface area contributed by atoms with E-state index in [9.17, 15) is 9.59 Å². The zero-order chi connectivity index (χ0) is 29.2. The summed E-state index contributed by atoms with van der Waals surface area (Å²) in [7, 11) is 4.00. The van der Waals surface area contributed by atoms with Crippen LogP contribution in [-0.2, 0) is 20.7 Å². The summed E-state index contributed by atoms with van der Waals surface area (Å²) in [5, 5.41) is 0. The van der Waals surface area contributed by atoms with Gasteiger partial charge in [-0.25, -0.2) is 0 Å². The third-order valence-electron chi connectivity index (χ3n) is 8.20. The fraction of sp³-hybridized carbons (Fsp3) is 0.576. The lowest BCUT2D eigenvalue weighted by Crippen LogP contribution is -2.52. The summed E-state index contributed by atoms with van der Waals surface area (Å²) in [6.07, 6.45) is 2.51. The third kappa shape index (κ3) is 8.63. The number of ketones is 1. The summed E-state index contributed by atoms with van der Waals surface area (Å²) in [6, 6.07) is 18.4. The van der Waals surface area contributed by atoms with Crippen molar-refractivity contribution >= 4 is 17.4 Å². The van der Waals surface area contributed by atoms with Gasteiger partial charge in [0.1, 0.15) is 0 Å². The van der Waals surface area contributed by atoms with Crippen LogP contribution in [0.15, 0.2) is 54.6 Å². The number of hydrogen-bond acceptors (Lipinski definition) is 7. The van der Waals surface area contributed by atoms with Crippen LogP contribution in [0.3, 0.4) is 0 Å². The van der Waals surface area contributed by atoms with E-state index in [0.717, 1.165) is 43.9 Å². The van der Waals surface area contributed by atoms with Gasteiger partial charge in [-0.1, -0.05) is 37.3 Å². The highest BCUT2D eigenvalue weighted by Crippen LogP contribution is 2.29. The van der Waals surface area contributed by atoms with Gasteiger partial charge in [0, 0.05) is 57.0 Å². The van der Waals surface area contributed by atoms with Gasteiger partial charge in [-0.2, -0.15) is 0 Å². The molecule has 0 radical (unpaired) electrons. The van der Waals surface area contributed by atoms with Crippen LogP contribution in [0.4, 0.5) is 5.69 Å². The summed E-state index contributed by atoms with van der Waals surface area (Å²) in [4.78, 5) is 32.8. The predicted molar refractivity (Wildman–Crippen MR) is 162 cm³/mol. The molecule has 3 rings (SSSR count). The summed E-state index contributed by atoms with van der Waals surface area (Å²) in [5.41, 5.74) is 2.18. The highest BCUT2D eigenvalue weighted by atomic mass is 16.5. The molecular formula is C33H49N3O4. The molecule has 0 saturated carbocycles. The van der Waals surface area contributed by atoms with E-state index in [2.05, 4.69) is 45.9 Å². The zero-order valence-electron chi connectivity index (χ0n) is 25.4. The number of Topliss-reactive ketones (excluding diaryl/α,β-unsaturated/α-hetero) is 1. The van der Waals surface area contributed by atoms with Crippen molar-refractivity contribution < 1.29 is 19.1 Å². The second-order valence-corrected chi connectivity index (χ2v) is 11.6. The standard InChI is InChI=1S/C33H49N3O4/c1-7-33(34(5)6,26-27-12-10-9-11-13-27)31(38)28-14-16-29(17-15-28)36-23-21-35(22-24-36)20-18-30(37)39-25-19-32(3,4)40-8-2/h9-17H,7-8,18-26H2,1-6H3. The van der Waals surface area contributed by atoms with Gasteiger partial charge in [-0.15, -0.1) is 0 Å². The van der Waals surface area contributed by atoms with Gasteiger partial charge in [0.15, 0.2) is 5.78 Å². The highest BCUT2D eigenvalue weighted by Gasteiger charge is 2.39. The molecule has 1 atom stereocenters. The lowest BCUT2D eigenvalue weighted by atomic mass is 9.80. The van der Waals surface area contributed by atoms with Crippen LogP contribution < -0.4 is 4.90 Å². The third-order valence-corrected chi connectivity index (χ3v) is 8.20. The van der Waals surface area contributed by atoms with Crippen molar-refractivity contribution in [3.8, 4) is 0 Å². The molecule has 1 fully saturated rings. The molecule has 2 aromatic rings. The molecule has 0 amide bonds. The molecule has 7 heteroatoms. The number of ether oxygens (including phenoxy) is 2. The molecule has 1 saturated heterocycles. The minimum atomic E-state index is -0.588. The minimum Gasteiger partial charge on any atom is -0.466 e. The first-order valence-corrected chi connectivity index (χ1v) is 14.7. The van der Waals surface area contributed by atoms with Gasteiger partial charge in [0.25, 0.3) is 0 Å². The first-order chi connectivity index (χ1) is 19.1. The molecule has 1 aliphatic rings. The highest BCUT2D eigenvalue weighted by molar-refractivity contribution is 6.03. The number of anilines is 1. The van der Waals surface area contributed by atoms with E-state index in [-0.39, 0.29) is 17.4 Å². The zero-order valence-corrected chi connectivity index (χ0v) is 25.4. The number of piperazine rings is 1. The molecule has 0 aliphatic carbocycles. The first-order valence-electron chi connectivity index (χ1n) is 14.7. The van der Waals surface area contributed by atoms with Crippen molar-refractivity contribution in [3.63, 3.8) is 0 Å². The Labute approximate surface area is 241 Å². The summed E-state index contributed by atoms with van der Waals surface area (Å²) in [5.74, 6) is 0.0108.